The maximum Gasteiger partial charge on any atom is 0.314 e. The maximum atomic E-state index is 9.47. The Morgan fingerprint density at radius 1 is 1.38 bits per heavy atom. The van der Waals surface area contributed by atoms with E-state index in [2.05, 4.69) is 6.92 Å². The lowest BCUT2D eigenvalue weighted by molar-refractivity contribution is -0.239. The third-order valence-corrected chi connectivity index (χ3v) is 3.31. The first-order valence-corrected chi connectivity index (χ1v) is 5.50. The summed E-state index contributed by atoms with van der Waals surface area (Å²) in [5, 5.41) is 9.47. The van der Waals surface area contributed by atoms with E-state index in [9.17, 15) is 5.11 Å². The van der Waals surface area contributed by atoms with Crippen molar-refractivity contribution in [2.45, 2.75) is 50.2 Å². The highest BCUT2D eigenvalue weighted by atomic mass is 16.8. The molecule has 0 aromatic heterocycles. The molecule has 0 spiro atoms. The number of fused-ring (bicyclic) bond motifs is 1. The smallest absolute Gasteiger partial charge is 0.314 e. The van der Waals surface area contributed by atoms with Gasteiger partial charge in [-0.15, -0.1) is 0 Å². The van der Waals surface area contributed by atoms with Crippen LogP contribution < -0.4 is 0 Å². The fourth-order valence-corrected chi connectivity index (χ4v) is 2.45. The van der Waals surface area contributed by atoms with Crippen LogP contribution in [0.25, 0.3) is 0 Å². The summed E-state index contributed by atoms with van der Waals surface area (Å²) in [7, 11) is 1.58. The number of rotatable bonds is 3. The van der Waals surface area contributed by atoms with Gasteiger partial charge in [0.2, 0.25) is 0 Å². The van der Waals surface area contributed by atoms with Crippen LogP contribution in [-0.2, 0) is 18.9 Å². The van der Waals surface area contributed by atoms with Gasteiger partial charge < -0.3 is 19.3 Å². The number of ether oxygens (including phenoxy) is 4. The third kappa shape index (κ3) is 1.63. The van der Waals surface area contributed by atoms with Crippen LogP contribution in [0.3, 0.4) is 0 Å². The van der Waals surface area contributed by atoms with Crippen molar-refractivity contribution < 1.29 is 24.1 Å². The summed E-state index contributed by atoms with van der Waals surface area (Å²) in [6.45, 7) is 7.33. The first-order chi connectivity index (χ1) is 7.48. The largest absolute Gasteiger partial charge is 0.393 e. The molecule has 2 aliphatic rings. The molecule has 2 aliphatic heterocycles. The van der Waals surface area contributed by atoms with Crippen molar-refractivity contribution in [2.75, 3.05) is 13.7 Å². The number of aliphatic hydroxyl groups excluding tert-OH is 1. The summed E-state index contributed by atoms with van der Waals surface area (Å²) in [6, 6.07) is 0. The molecule has 1 unspecified atom stereocenters. The van der Waals surface area contributed by atoms with E-state index >= 15 is 0 Å². The summed E-state index contributed by atoms with van der Waals surface area (Å²) in [5.74, 6) is -0.901. The van der Waals surface area contributed by atoms with E-state index in [1.54, 1.807) is 14.0 Å². The van der Waals surface area contributed by atoms with Gasteiger partial charge in [0.1, 0.15) is 24.7 Å². The minimum atomic E-state index is -0.901. The van der Waals surface area contributed by atoms with E-state index in [4.69, 9.17) is 18.9 Å². The van der Waals surface area contributed by atoms with E-state index in [0.717, 1.165) is 0 Å². The minimum Gasteiger partial charge on any atom is -0.393 e. The molecule has 0 radical (unpaired) electrons. The van der Waals surface area contributed by atoms with Crippen LogP contribution in [0.5, 0.6) is 0 Å². The zero-order chi connectivity index (χ0) is 12.0. The SMILES string of the molecule is [CH2+]C1(C)O[C@H]2O[C@@](CC)(CO)[C@H](OC)[C@H]2O1. The topological polar surface area (TPSA) is 57.2 Å². The van der Waals surface area contributed by atoms with Crippen molar-refractivity contribution in [2.24, 2.45) is 0 Å². The van der Waals surface area contributed by atoms with Gasteiger partial charge >= 0.3 is 5.79 Å². The molecule has 0 aliphatic carbocycles. The average molecular weight is 231 g/mol. The summed E-state index contributed by atoms with van der Waals surface area (Å²) in [4.78, 5) is 0. The molecule has 0 bridgehead atoms. The number of hydrogen-bond acceptors (Lipinski definition) is 5. The fourth-order valence-electron chi connectivity index (χ4n) is 2.45. The molecule has 0 aromatic carbocycles. The van der Waals surface area contributed by atoms with Crippen molar-refractivity contribution in [1.29, 1.82) is 0 Å². The van der Waals surface area contributed by atoms with Gasteiger partial charge in [-0.05, 0) is 6.42 Å². The number of methoxy groups -OCH3 is 1. The maximum absolute atomic E-state index is 9.47. The molecule has 2 heterocycles. The van der Waals surface area contributed by atoms with Gasteiger partial charge in [0.15, 0.2) is 6.29 Å². The molecule has 0 aromatic rings. The van der Waals surface area contributed by atoms with Gasteiger partial charge in [0, 0.05) is 14.0 Å². The summed E-state index contributed by atoms with van der Waals surface area (Å²) < 4.78 is 22.3. The molecule has 0 amide bonds. The monoisotopic (exact) mass is 231 g/mol. The zero-order valence-corrected chi connectivity index (χ0v) is 9.93. The number of aliphatic hydroxyl groups is 1. The Morgan fingerprint density at radius 2 is 2.06 bits per heavy atom. The third-order valence-electron chi connectivity index (χ3n) is 3.31. The van der Waals surface area contributed by atoms with Gasteiger partial charge in [0.05, 0.1) is 6.61 Å². The quantitative estimate of drug-likeness (QED) is 0.715. The Morgan fingerprint density at radius 3 is 2.56 bits per heavy atom. The lowest BCUT2D eigenvalue weighted by atomic mass is 9.93. The minimum absolute atomic E-state index is 0.115. The van der Waals surface area contributed by atoms with E-state index in [0.29, 0.717) is 6.42 Å². The second kappa shape index (κ2) is 3.85. The lowest BCUT2D eigenvalue weighted by Crippen LogP contribution is -2.48. The van der Waals surface area contributed by atoms with Crippen LogP contribution in [0, 0.1) is 6.92 Å². The van der Waals surface area contributed by atoms with Crippen LogP contribution in [0.2, 0.25) is 0 Å². The van der Waals surface area contributed by atoms with Crippen LogP contribution in [0.15, 0.2) is 0 Å². The molecule has 0 saturated carbocycles. The van der Waals surface area contributed by atoms with Crippen molar-refractivity contribution >= 4 is 0 Å². The molecule has 16 heavy (non-hydrogen) atoms. The van der Waals surface area contributed by atoms with Crippen LogP contribution in [-0.4, -0.2) is 48.7 Å². The van der Waals surface area contributed by atoms with Crippen molar-refractivity contribution in [3.05, 3.63) is 6.92 Å². The highest BCUT2D eigenvalue weighted by Crippen LogP contribution is 2.44. The molecule has 2 saturated heterocycles. The molecule has 1 N–H and O–H groups in total. The van der Waals surface area contributed by atoms with Crippen LogP contribution >= 0.6 is 0 Å². The Kier molecular flexibility index (Phi) is 2.92. The van der Waals surface area contributed by atoms with E-state index < -0.39 is 17.7 Å². The molecular weight excluding hydrogens is 212 g/mol. The zero-order valence-electron chi connectivity index (χ0n) is 9.93. The normalized spacial score (nSPS) is 51.9. The molecular formula is C11H19O5+. The first-order valence-electron chi connectivity index (χ1n) is 5.50. The highest BCUT2D eigenvalue weighted by Gasteiger charge is 2.63. The Labute approximate surface area is 95.6 Å². The average Bonchev–Trinajstić information content (AvgIpc) is 2.66. The summed E-state index contributed by atoms with van der Waals surface area (Å²) in [6.07, 6.45) is -0.550. The second-order valence-electron chi connectivity index (χ2n) is 4.55. The number of hydrogen-bond donors (Lipinski definition) is 1. The van der Waals surface area contributed by atoms with Crippen molar-refractivity contribution in [3.63, 3.8) is 0 Å². The van der Waals surface area contributed by atoms with E-state index in [-0.39, 0.29) is 18.8 Å². The Bertz CT molecular complexity index is 261. The second-order valence-corrected chi connectivity index (χ2v) is 4.55. The summed E-state index contributed by atoms with van der Waals surface area (Å²) >= 11 is 0. The van der Waals surface area contributed by atoms with Crippen molar-refractivity contribution in [1.82, 2.24) is 0 Å². The fraction of sp³-hybridized carbons (Fsp3) is 0.909. The molecule has 5 atom stereocenters. The predicted molar refractivity (Wildman–Crippen MR) is 55.5 cm³/mol. The Balaban J connectivity index is 2.21. The molecule has 2 fully saturated rings. The summed E-state index contributed by atoms with van der Waals surface area (Å²) in [5.41, 5.74) is -0.736. The van der Waals surface area contributed by atoms with Crippen LogP contribution in [0.4, 0.5) is 0 Å². The van der Waals surface area contributed by atoms with Gasteiger partial charge in [-0.3, -0.25) is 4.74 Å². The highest BCUT2D eigenvalue weighted by molar-refractivity contribution is 5.04. The molecule has 5 nitrogen and oxygen atoms in total. The van der Waals surface area contributed by atoms with E-state index in [1.165, 1.54) is 0 Å². The Hall–Kier alpha value is -0.330. The van der Waals surface area contributed by atoms with Gasteiger partial charge in [-0.25, -0.2) is 0 Å². The standard InChI is InChI=1S/C11H19O5/c1-5-11(6-12)8(13-4)7-9(16-11)15-10(2,3)14-7/h7-9,12H,2,5-6H2,1,3-4H3/q+1/t7-,8-,9+,10?,11+/m1/s1. The van der Waals surface area contributed by atoms with Crippen molar-refractivity contribution in [3.8, 4) is 0 Å². The molecule has 92 valence electrons. The van der Waals surface area contributed by atoms with Gasteiger partial charge in [-0.2, -0.15) is 0 Å². The van der Waals surface area contributed by atoms with Crippen LogP contribution in [0.1, 0.15) is 20.3 Å². The van der Waals surface area contributed by atoms with Gasteiger partial charge in [0.25, 0.3) is 0 Å². The predicted octanol–water partition coefficient (Wildman–Crippen LogP) is 0.464. The molecule has 5 heteroatoms. The molecule has 2 rings (SSSR count). The van der Waals surface area contributed by atoms with Gasteiger partial charge in [-0.1, -0.05) is 6.92 Å². The lowest BCUT2D eigenvalue weighted by Gasteiger charge is -2.32. The van der Waals surface area contributed by atoms with E-state index in [1.807, 2.05) is 6.92 Å². The first kappa shape index (κ1) is 12.1.